The van der Waals surface area contributed by atoms with Crippen LogP contribution in [0.1, 0.15) is 35.9 Å². The second-order valence-electron chi connectivity index (χ2n) is 7.43. The standard InChI is InChI=1S/C21H20N6O2/c1-13-3-4-15(8-22-13)21-19(14(2)29-25-21)12-27-20(28)7-16(9-24-27)17-10-23-26(11-17)18-5-6-18/h3-4,7-11,18H,5-6,12H2,1-2H3. The van der Waals surface area contributed by atoms with E-state index in [-0.39, 0.29) is 12.1 Å². The second-order valence-corrected chi connectivity index (χ2v) is 7.43. The molecule has 8 nitrogen and oxygen atoms in total. The molecule has 0 amide bonds. The first-order valence-corrected chi connectivity index (χ1v) is 9.58. The lowest BCUT2D eigenvalue weighted by Gasteiger charge is -2.06. The lowest BCUT2D eigenvalue weighted by atomic mass is 10.1. The molecule has 1 aliphatic rings. The fourth-order valence-corrected chi connectivity index (χ4v) is 3.30. The molecular weight excluding hydrogens is 368 g/mol. The Morgan fingerprint density at radius 1 is 1.07 bits per heavy atom. The van der Waals surface area contributed by atoms with E-state index in [0.29, 0.717) is 17.5 Å². The summed E-state index contributed by atoms with van der Waals surface area (Å²) in [6.45, 7) is 4.04. The molecule has 0 bridgehead atoms. The van der Waals surface area contributed by atoms with Gasteiger partial charge in [0.05, 0.1) is 25.0 Å². The van der Waals surface area contributed by atoms with Crippen molar-refractivity contribution in [2.24, 2.45) is 0 Å². The molecule has 5 rings (SSSR count). The molecule has 0 spiro atoms. The molecule has 0 aliphatic heterocycles. The van der Waals surface area contributed by atoms with Crippen LogP contribution in [-0.2, 0) is 6.54 Å². The summed E-state index contributed by atoms with van der Waals surface area (Å²) in [4.78, 5) is 17.0. The van der Waals surface area contributed by atoms with E-state index in [1.54, 1.807) is 24.7 Å². The van der Waals surface area contributed by atoms with Gasteiger partial charge in [-0.1, -0.05) is 5.16 Å². The number of nitrogens with zero attached hydrogens (tertiary/aromatic N) is 6. The van der Waals surface area contributed by atoms with Crippen molar-refractivity contribution < 1.29 is 4.52 Å². The van der Waals surface area contributed by atoms with Crippen LogP contribution < -0.4 is 5.56 Å². The molecule has 4 aromatic rings. The molecule has 4 heterocycles. The minimum Gasteiger partial charge on any atom is -0.361 e. The van der Waals surface area contributed by atoms with Crippen LogP contribution in [-0.4, -0.2) is 29.7 Å². The highest BCUT2D eigenvalue weighted by molar-refractivity contribution is 5.63. The first-order valence-electron chi connectivity index (χ1n) is 9.58. The maximum Gasteiger partial charge on any atom is 0.267 e. The van der Waals surface area contributed by atoms with Gasteiger partial charge in [0.2, 0.25) is 0 Å². The number of pyridine rings is 1. The molecule has 0 radical (unpaired) electrons. The van der Waals surface area contributed by atoms with Crippen molar-refractivity contribution in [3.05, 3.63) is 70.4 Å². The van der Waals surface area contributed by atoms with Crippen LogP contribution in [0.4, 0.5) is 0 Å². The van der Waals surface area contributed by atoms with Crippen molar-refractivity contribution in [2.75, 3.05) is 0 Å². The molecule has 0 aromatic carbocycles. The van der Waals surface area contributed by atoms with Crippen LogP contribution in [0, 0.1) is 13.8 Å². The van der Waals surface area contributed by atoms with Gasteiger partial charge in [-0.05, 0) is 38.8 Å². The van der Waals surface area contributed by atoms with E-state index in [9.17, 15) is 4.79 Å². The summed E-state index contributed by atoms with van der Waals surface area (Å²) in [7, 11) is 0. The Morgan fingerprint density at radius 3 is 2.62 bits per heavy atom. The zero-order chi connectivity index (χ0) is 20.0. The Morgan fingerprint density at radius 2 is 1.90 bits per heavy atom. The first-order chi connectivity index (χ1) is 14.1. The third-order valence-corrected chi connectivity index (χ3v) is 5.20. The highest BCUT2D eigenvalue weighted by Gasteiger charge is 2.24. The van der Waals surface area contributed by atoms with E-state index < -0.39 is 0 Å². The van der Waals surface area contributed by atoms with Gasteiger partial charge in [-0.25, -0.2) is 4.68 Å². The van der Waals surface area contributed by atoms with Crippen molar-refractivity contribution in [3.63, 3.8) is 0 Å². The maximum atomic E-state index is 12.7. The number of aryl methyl sites for hydroxylation is 2. The van der Waals surface area contributed by atoms with Gasteiger partial charge in [-0.3, -0.25) is 14.5 Å². The van der Waals surface area contributed by atoms with Gasteiger partial charge in [0, 0.05) is 46.4 Å². The van der Waals surface area contributed by atoms with Crippen molar-refractivity contribution >= 4 is 0 Å². The summed E-state index contributed by atoms with van der Waals surface area (Å²) in [6, 6.07) is 5.96. The van der Waals surface area contributed by atoms with Gasteiger partial charge in [0.25, 0.3) is 5.56 Å². The molecule has 0 atom stereocenters. The maximum absolute atomic E-state index is 12.7. The van der Waals surface area contributed by atoms with Gasteiger partial charge >= 0.3 is 0 Å². The SMILES string of the molecule is Cc1ccc(-c2noc(C)c2Cn2ncc(-c3cnn(C4CC4)c3)cc2=O)cn1. The molecule has 0 N–H and O–H groups in total. The van der Waals surface area contributed by atoms with Crippen molar-refractivity contribution in [3.8, 4) is 22.4 Å². The van der Waals surface area contributed by atoms with Crippen LogP contribution in [0.5, 0.6) is 0 Å². The highest BCUT2D eigenvalue weighted by atomic mass is 16.5. The molecule has 1 saturated carbocycles. The molecule has 0 saturated heterocycles. The number of hydrogen-bond acceptors (Lipinski definition) is 6. The van der Waals surface area contributed by atoms with Crippen LogP contribution in [0.25, 0.3) is 22.4 Å². The summed E-state index contributed by atoms with van der Waals surface area (Å²) >= 11 is 0. The van der Waals surface area contributed by atoms with Gasteiger partial charge in [-0.2, -0.15) is 10.2 Å². The minimum atomic E-state index is -0.185. The zero-order valence-electron chi connectivity index (χ0n) is 16.2. The largest absolute Gasteiger partial charge is 0.361 e. The number of hydrogen-bond donors (Lipinski definition) is 0. The lowest BCUT2D eigenvalue weighted by molar-refractivity contribution is 0.397. The van der Waals surface area contributed by atoms with Crippen LogP contribution in [0.3, 0.4) is 0 Å². The summed E-state index contributed by atoms with van der Waals surface area (Å²) in [6.07, 6.45) is 9.55. The second kappa shape index (κ2) is 6.80. The van der Waals surface area contributed by atoms with E-state index in [2.05, 4.69) is 20.3 Å². The van der Waals surface area contributed by atoms with Gasteiger partial charge in [0.15, 0.2) is 0 Å². The highest BCUT2D eigenvalue weighted by Crippen LogP contribution is 2.35. The Labute approximate surface area is 166 Å². The van der Waals surface area contributed by atoms with Crippen LogP contribution in [0.15, 0.2) is 52.3 Å². The smallest absolute Gasteiger partial charge is 0.267 e. The predicted octanol–water partition coefficient (Wildman–Crippen LogP) is 3.16. The third-order valence-electron chi connectivity index (χ3n) is 5.20. The van der Waals surface area contributed by atoms with Gasteiger partial charge < -0.3 is 4.52 Å². The van der Waals surface area contributed by atoms with Crippen LogP contribution in [0.2, 0.25) is 0 Å². The van der Waals surface area contributed by atoms with E-state index >= 15 is 0 Å². The Balaban J connectivity index is 1.44. The molecule has 1 aliphatic carbocycles. The van der Waals surface area contributed by atoms with E-state index in [4.69, 9.17) is 4.52 Å². The van der Waals surface area contributed by atoms with Crippen molar-refractivity contribution in [1.82, 2.24) is 29.7 Å². The summed E-state index contributed by atoms with van der Waals surface area (Å²) in [5.74, 6) is 0.657. The van der Waals surface area contributed by atoms with Crippen LogP contribution >= 0.6 is 0 Å². The Kier molecular flexibility index (Phi) is 4.12. The summed E-state index contributed by atoms with van der Waals surface area (Å²) in [5, 5.41) is 12.9. The Hall–Kier alpha value is -3.55. The Bertz CT molecular complexity index is 1230. The average molecular weight is 388 g/mol. The summed E-state index contributed by atoms with van der Waals surface area (Å²) < 4.78 is 8.76. The predicted molar refractivity (Wildman–Crippen MR) is 106 cm³/mol. The fourth-order valence-electron chi connectivity index (χ4n) is 3.30. The van der Waals surface area contributed by atoms with E-state index in [1.165, 1.54) is 4.68 Å². The monoisotopic (exact) mass is 388 g/mol. The van der Waals surface area contributed by atoms with Crippen molar-refractivity contribution in [1.29, 1.82) is 0 Å². The molecule has 146 valence electrons. The molecule has 8 heteroatoms. The third kappa shape index (κ3) is 3.37. The zero-order valence-corrected chi connectivity index (χ0v) is 16.2. The molecule has 0 unspecified atom stereocenters. The topological polar surface area (TPSA) is 91.6 Å². The van der Waals surface area contributed by atoms with Gasteiger partial charge in [0.1, 0.15) is 11.5 Å². The number of aromatic nitrogens is 6. The van der Waals surface area contributed by atoms with Crippen molar-refractivity contribution in [2.45, 2.75) is 39.3 Å². The summed E-state index contributed by atoms with van der Waals surface area (Å²) in [5.41, 5.74) is 4.76. The fraction of sp³-hybridized carbons (Fsp3) is 0.286. The lowest BCUT2D eigenvalue weighted by Crippen LogP contribution is -2.23. The molecule has 29 heavy (non-hydrogen) atoms. The normalized spacial score (nSPS) is 13.7. The quantitative estimate of drug-likeness (QED) is 0.521. The molecule has 1 fully saturated rings. The molecular formula is C21H20N6O2. The first kappa shape index (κ1) is 17.5. The van der Waals surface area contributed by atoms with E-state index in [0.717, 1.165) is 40.8 Å². The van der Waals surface area contributed by atoms with E-state index in [1.807, 2.05) is 36.9 Å². The van der Waals surface area contributed by atoms with Gasteiger partial charge in [-0.15, -0.1) is 0 Å². The minimum absolute atomic E-state index is 0.185. The average Bonchev–Trinajstić information content (AvgIpc) is 3.34. The number of rotatable bonds is 5. The molecule has 4 aromatic heterocycles.